The Hall–Kier alpha value is -2.18. The minimum atomic E-state index is -1.04. The van der Waals surface area contributed by atoms with Gasteiger partial charge in [0.25, 0.3) is 5.91 Å². The zero-order chi connectivity index (χ0) is 15.4. The Balaban J connectivity index is 2.20. The second kappa shape index (κ2) is 6.51. The molecule has 0 bridgehead atoms. The van der Waals surface area contributed by atoms with Gasteiger partial charge in [-0.2, -0.15) is 0 Å². The molecular weight excluding hydrogens is 272 g/mol. The normalized spacial score (nSPS) is 14.5. The fourth-order valence-electron chi connectivity index (χ4n) is 2.32. The third kappa shape index (κ3) is 3.68. The molecule has 1 aromatic rings. The van der Waals surface area contributed by atoms with E-state index in [1.165, 1.54) is 11.0 Å². The molecule has 0 radical (unpaired) electrons. The standard InChI is InChI=1S/C14H20N4O3/c1-10(2)18(9-12(19)20)13(21)11-5-6-15-14(16-11)17-7-3-4-8-17/h5-6,10H,3-4,7-9H2,1-2H3,(H,19,20). The van der Waals surface area contributed by atoms with Crippen molar-refractivity contribution < 1.29 is 14.7 Å². The molecule has 0 aromatic carbocycles. The highest BCUT2D eigenvalue weighted by Crippen LogP contribution is 2.16. The van der Waals surface area contributed by atoms with E-state index in [9.17, 15) is 9.59 Å². The van der Waals surface area contributed by atoms with Gasteiger partial charge >= 0.3 is 5.97 Å². The van der Waals surface area contributed by atoms with Crippen LogP contribution < -0.4 is 4.90 Å². The van der Waals surface area contributed by atoms with Crippen molar-refractivity contribution in [2.24, 2.45) is 0 Å². The first-order valence-corrected chi connectivity index (χ1v) is 7.10. The van der Waals surface area contributed by atoms with Crippen molar-refractivity contribution in [2.45, 2.75) is 32.7 Å². The number of aliphatic carboxylic acids is 1. The lowest BCUT2D eigenvalue weighted by Crippen LogP contribution is -2.41. The van der Waals surface area contributed by atoms with E-state index in [1.807, 2.05) is 4.90 Å². The van der Waals surface area contributed by atoms with E-state index in [4.69, 9.17) is 5.11 Å². The molecule has 0 aliphatic carbocycles. The summed E-state index contributed by atoms with van der Waals surface area (Å²) in [7, 11) is 0. The minimum absolute atomic E-state index is 0.209. The number of hydrogen-bond donors (Lipinski definition) is 1. The van der Waals surface area contributed by atoms with Gasteiger partial charge in [-0.1, -0.05) is 0 Å². The van der Waals surface area contributed by atoms with Crippen LogP contribution in [-0.2, 0) is 4.79 Å². The fourth-order valence-corrected chi connectivity index (χ4v) is 2.32. The van der Waals surface area contributed by atoms with Crippen molar-refractivity contribution in [2.75, 3.05) is 24.5 Å². The van der Waals surface area contributed by atoms with Gasteiger partial charge in [0.05, 0.1) is 0 Å². The van der Waals surface area contributed by atoms with Gasteiger partial charge in [0.15, 0.2) is 0 Å². The lowest BCUT2D eigenvalue weighted by atomic mass is 10.2. The second-order valence-corrected chi connectivity index (χ2v) is 5.36. The van der Waals surface area contributed by atoms with E-state index in [2.05, 4.69) is 9.97 Å². The summed E-state index contributed by atoms with van der Waals surface area (Å²) in [5, 5.41) is 8.92. The first-order chi connectivity index (χ1) is 9.99. The highest BCUT2D eigenvalue weighted by atomic mass is 16.4. The maximum absolute atomic E-state index is 12.4. The van der Waals surface area contributed by atoms with Crippen molar-refractivity contribution in [3.63, 3.8) is 0 Å². The van der Waals surface area contributed by atoms with Gasteiger partial charge < -0.3 is 14.9 Å². The van der Waals surface area contributed by atoms with Gasteiger partial charge in [-0.15, -0.1) is 0 Å². The minimum Gasteiger partial charge on any atom is -0.480 e. The number of carbonyl (C=O) groups is 2. The van der Waals surface area contributed by atoms with Crippen LogP contribution in [0.2, 0.25) is 0 Å². The van der Waals surface area contributed by atoms with Gasteiger partial charge in [0.2, 0.25) is 5.95 Å². The number of carboxylic acids is 1. The van der Waals surface area contributed by atoms with Gasteiger partial charge in [-0.05, 0) is 32.8 Å². The van der Waals surface area contributed by atoms with Gasteiger partial charge in [0.1, 0.15) is 12.2 Å². The average Bonchev–Trinajstić information content (AvgIpc) is 2.98. The molecule has 0 spiro atoms. The number of amides is 1. The lowest BCUT2D eigenvalue weighted by molar-refractivity contribution is -0.138. The number of anilines is 1. The van der Waals surface area contributed by atoms with E-state index in [0.717, 1.165) is 25.9 Å². The maximum atomic E-state index is 12.4. The number of aromatic nitrogens is 2. The smallest absolute Gasteiger partial charge is 0.323 e. The third-order valence-electron chi connectivity index (χ3n) is 3.44. The van der Waals surface area contributed by atoms with Crippen LogP contribution in [0.4, 0.5) is 5.95 Å². The van der Waals surface area contributed by atoms with Crippen molar-refractivity contribution in [3.8, 4) is 0 Å². The number of hydrogen-bond acceptors (Lipinski definition) is 5. The molecule has 0 unspecified atom stereocenters. The topological polar surface area (TPSA) is 86.6 Å². The number of nitrogens with zero attached hydrogens (tertiary/aromatic N) is 4. The highest BCUT2D eigenvalue weighted by Gasteiger charge is 2.24. The Morgan fingerprint density at radius 3 is 2.62 bits per heavy atom. The van der Waals surface area contributed by atoms with Gasteiger partial charge in [-0.25, -0.2) is 9.97 Å². The van der Waals surface area contributed by atoms with Crippen LogP contribution >= 0.6 is 0 Å². The van der Waals surface area contributed by atoms with Crippen molar-refractivity contribution in [3.05, 3.63) is 18.0 Å². The van der Waals surface area contributed by atoms with Crippen LogP contribution in [0.5, 0.6) is 0 Å². The zero-order valence-corrected chi connectivity index (χ0v) is 12.3. The second-order valence-electron chi connectivity index (χ2n) is 5.36. The molecule has 1 aromatic heterocycles. The molecule has 21 heavy (non-hydrogen) atoms. The monoisotopic (exact) mass is 292 g/mol. The molecule has 2 rings (SSSR count). The molecule has 7 heteroatoms. The molecule has 1 N–H and O–H groups in total. The largest absolute Gasteiger partial charge is 0.480 e. The molecule has 0 atom stereocenters. The number of rotatable bonds is 5. The van der Waals surface area contributed by atoms with Crippen LogP contribution in [0.3, 0.4) is 0 Å². The quantitative estimate of drug-likeness (QED) is 0.871. The lowest BCUT2D eigenvalue weighted by Gasteiger charge is -2.25. The Kier molecular flexibility index (Phi) is 4.72. The predicted octanol–water partition coefficient (Wildman–Crippen LogP) is 1.01. The molecule has 114 valence electrons. The first kappa shape index (κ1) is 15.2. The van der Waals surface area contributed by atoms with Crippen molar-refractivity contribution in [1.82, 2.24) is 14.9 Å². The summed E-state index contributed by atoms with van der Waals surface area (Å²) in [6, 6.07) is 1.32. The van der Waals surface area contributed by atoms with Crippen molar-refractivity contribution >= 4 is 17.8 Å². The highest BCUT2D eigenvalue weighted by molar-refractivity contribution is 5.94. The summed E-state index contributed by atoms with van der Waals surface area (Å²) in [6.45, 7) is 5.01. The Bertz CT molecular complexity index is 527. The first-order valence-electron chi connectivity index (χ1n) is 7.10. The van der Waals surface area contributed by atoms with Crippen LogP contribution in [0.1, 0.15) is 37.2 Å². The molecule has 1 fully saturated rings. The van der Waals surface area contributed by atoms with E-state index < -0.39 is 5.97 Å². The Labute approximate surface area is 123 Å². The van der Waals surface area contributed by atoms with Crippen LogP contribution in [0, 0.1) is 0 Å². The summed E-state index contributed by atoms with van der Waals surface area (Å²) < 4.78 is 0. The van der Waals surface area contributed by atoms with Crippen molar-refractivity contribution in [1.29, 1.82) is 0 Å². The van der Waals surface area contributed by atoms with Crippen LogP contribution in [0.15, 0.2) is 12.3 Å². The third-order valence-corrected chi connectivity index (χ3v) is 3.44. The van der Waals surface area contributed by atoms with E-state index >= 15 is 0 Å². The van der Waals surface area contributed by atoms with Gasteiger partial charge in [0, 0.05) is 25.3 Å². The SMILES string of the molecule is CC(C)N(CC(=O)O)C(=O)c1ccnc(N2CCCC2)n1. The molecule has 7 nitrogen and oxygen atoms in total. The zero-order valence-electron chi connectivity index (χ0n) is 12.3. The van der Waals surface area contributed by atoms with E-state index in [1.54, 1.807) is 20.0 Å². The molecular formula is C14H20N4O3. The Morgan fingerprint density at radius 1 is 1.38 bits per heavy atom. The predicted molar refractivity (Wildman–Crippen MR) is 77.3 cm³/mol. The number of carboxylic acid groups (broad SMARTS) is 1. The molecule has 0 saturated carbocycles. The Morgan fingerprint density at radius 2 is 2.05 bits per heavy atom. The van der Waals surface area contributed by atoms with E-state index in [-0.39, 0.29) is 24.2 Å². The average molecular weight is 292 g/mol. The van der Waals surface area contributed by atoms with Gasteiger partial charge in [-0.3, -0.25) is 9.59 Å². The molecule has 2 heterocycles. The fraction of sp³-hybridized carbons (Fsp3) is 0.571. The number of carbonyl (C=O) groups excluding carboxylic acids is 1. The maximum Gasteiger partial charge on any atom is 0.323 e. The summed E-state index contributed by atoms with van der Waals surface area (Å²) in [5.74, 6) is -0.876. The summed E-state index contributed by atoms with van der Waals surface area (Å²) >= 11 is 0. The summed E-state index contributed by atoms with van der Waals surface area (Å²) in [4.78, 5) is 35.2. The summed E-state index contributed by atoms with van der Waals surface area (Å²) in [6.07, 6.45) is 3.74. The van der Waals surface area contributed by atoms with Crippen LogP contribution in [-0.4, -0.2) is 57.5 Å². The van der Waals surface area contributed by atoms with Crippen LogP contribution in [0.25, 0.3) is 0 Å². The summed E-state index contributed by atoms with van der Waals surface area (Å²) in [5.41, 5.74) is 0.238. The molecule has 1 saturated heterocycles. The molecule has 1 aliphatic rings. The molecule has 1 amide bonds. The van der Waals surface area contributed by atoms with E-state index in [0.29, 0.717) is 5.95 Å². The molecule has 1 aliphatic heterocycles.